The van der Waals surface area contributed by atoms with Crippen LogP contribution in [0, 0.1) is 0 Å². The lowest BCUT2D eigenvalue weighted by molar-refractivity contribution is 0.296. The van der Waals surface area contributed by atoms with E-state index in [9.17, 15) is 0 Å². The summed E-state index contributed by atoms with van der Waals surface area (Å²) >= 11 is 3.54. The lowest BCUT2D eigenvalue weighted by atomic mass is 10.2. The van der Waals surface area contributed by atoms with Crippen LogP contribution in [0.15, 0.2) is 16.6 Å². The van der Waals surface area contributed by atoms with E-state index in [2.05, 4.69) is 40.3 Å². The molecular formula is C13H18BrNO2. The van der Waals surface area contributed by atoms with Gasteiger partial charge in [-0.3, -0.25) is 0 Å². The largest absolute Gasteiger partial charge is 0.490 e. The number of ether oxygens (including phenoxy) is 2. The van der Waals surface area contributed by atoms with Crippen LogP contribution in [0.1, 0.15) is 25.3 Å². The number of halogens is 1. The highest BCUT2D eigenvalue weighted by atomic mass is 79.9. The maximum atomic E-state index is 5.69. The molecule has 4 heteroatoms. The van der Waals surface area contributed by atoms with E-state index in [4.69, 9.17) is 9.47 Å². The van der Waals surface area contributed by atoms with Crippen LogP contribution in [-0.2, 0) is 6.54 Å². The van der Waals surface area contributed by atoms with Gasteiger partial charge in [-0.2, -0.15) is 0 Å². The number of benzene rings is 1. The van der Waals surface area contributed by atoms with Gasteiger partial charge in [0, 0.05) is 13.0 Å². The lowest BCUT2D eigenvalue weighted by Crippen LogP contribution is -2.13. The third-order valence-electron chi connectivity index (χ3n) is 2.62. The number of hydrogen-bond donors (Lipinski definition) is 1. The molecule has 0 saturated carbocycles. The maximum absolute atomic E-state index is 5.69. The zero-order valence-corrected chi connectivity index (χ0v) is 11.7. The maximum Gasteiger partial charge on any atom is 0.175 e. The standard InChI is InChI=1S/C13H18BrNO2/c1-2-4-15-9-10-7-11(14)13-12(8-10)16-5-3-6-17-13/h7-8,15H,2-6,9H2,1H3. The average Bonchev–Trinajstić information content (AvgIpc) is 2.55. The summed E-state index contributed by atoms with van der Waals surface area (Å²) in [5.41, 5.74) is 1.22. The normalized spacial score (nSPS) is 14.5. The van der Waals surface area contributed by atoms with Crippen molar-refractivity contribution in [2.24, 2.45) is 0 Å². The van der Waals surface area contributed by atoms with Crippen LogP contribution in [0.2, 0.25) is 0 Å². The SMILES string of the molecule is CCCNCc1cc(Br)c2c(c1)OCCCO2. The molecule has 17 heavy (non-hydrogen) atoms. The molecule has 0 amide bonds. The van der Waals surface area contributed by atoms with Gasteiger partial charge < -0.3 is 14.8 Å². The van der Waals surface area contributed by atoms with E-state index in [1.807, 2.05) is 0 Å². The van der Waals surface area contributed by atoms with Crippen molar-refractivity contribution in [3.63, 3.8) is 0 Å². The Morgan fingerprint density at radius 1 is 1.29 bits per heavy atom. The molecule has 0 atom stereocenters. The van der Waals surface area contributed by atoms with Gasteiger partial charge in [-0.05, 0) is 46.6 Å². The molecule has 0 unspecified atom stereocenters. The fourth-order valence-corrected chi connectivity index (χ4v) is 2.40. The van der Waals surface area contributed by atoms with Gasteiger partial charge in [0.05, 0.1) is 17.7 Å². The molecule has 1 aromatic carbocycles. The minimum absolute atomic E-state index is 0.721. The van der Waals surface area contributed by atoms with E-state index < -0.39 is 0 Å². The van der Waals surface area contributed by atoms with Gasteiger partial charge in [0.1, 0.15) is 0 Å². The van der Waals surface area contributed by atoms with Crippen molar-refractivity contribution in [1.82, 2.24) is 5.32 Å². The van der Waals surface area contributed by atoms with E-state index in [0.717, 1.165) is 55.1 Å². The number of hydrogen-bond acceptors (Lipinski definition) is 3. The number of rotatable bonds is 4. The fraction of sp³-hybridized carbons (Fsp3) is 0.538. The Morgan fingerprint density at radius 3 is 2.94 bits per heavy atom. The van der Waals surface area contributed by atoms with Crippen LogP contribution < -0.4 is 14.8 Å². The van der Waals surface area contributed by atoms with E-state index in [-0.39, 0.29) is 0 Å². The first-order valence-corrected chi connectivity index (χ1v) is 6.89. The molecule has 0 aliphatic carbocycles. The van der Waals surface area contributed by atoms with Gasteiger partial charge in [-0.1, -0.05) is 6.92 Å². The van der Waals surface area contributed by atoms with Crippen molar-refractivity contribution >= 4 is 15.9 Å². The van der Waals surface area contributed by atoms with E-state index in [1.165, 1.54) is 5.56 Å². The van der Waals surface area contributed by atoms with Crippen molar-refractivity contribution < 1.29 is 9.47 Å². The Morgan fingerprint density at radius 2 is 2.12 bits per heavy atom. The summed E-state index contributed by atoms with van der Waals surface area (Å²) in [6.45, 7) is 5.51. The molecule has 0 fully saturated rings. The predicted molar refractivity (Wildman–Crippen MR) is 71.7 cm³/mol. The van der Waals surface area contributed by atoms with E-state index in [1.54, 1.807) is 0 Å². The van der Waals surface area contributed by atoms with Gasteiger partial charge >= 0.3 is 0 Å². The second kappa shape index (κ2) is 6.26. The van der Waals surface area contributed by atoms with Gasteiger partial charge in [-0.25, -0.2) is 0 Å². The molecule has 1 N–H and O–H groups in total. The Bertz CT molecular complexity index is 382. The molecule has 0 radical (unpaired) electrons. The van der Waals surface area contributed by atoms with Crippen LogP contribution in [0.4, 0.5) is 0 Å². The smallest absolute Gasteiger partial charge is 0.175 e. The van der Waals surface area contributed by atoms with Crippen molar-refractivity contribution in [2.75, 3.05) is 19.8 Å². The Hall–Kier alpha value is -0.740. The zero-order chi connectivity index (χ0) is 12.1. The third kappa shape index (κ3) is 3.36. The highest BCUT2D eigenvalue weighted by Crippen LogP contribution is 2.38. The van der Waals surface area contributed by atoms with Crippen LogP contribution in [0.25, 0.3) is 0 Å². The van der Waals surface area contributed by atoms with Crippen molar-refractivity contribution in [3.05, 3.63) is 22.2 Å². The molecular weight excluding hydrogens is 282 g/mol. The van der Waals surface area contributed by atoms with Crippen LogP contribution in [-0.4, -0.2) is 19.8 Å². The quantitative estimate of drug-likeness (QED) is 0.867. The molecule has 1 heterocycles. The average molecular weight is 300 g/mol. The van der Waals surface area contributed by atoms with Gasteiger partial charge in [0.25, 0.3) is 0 Å². The minimum atomic E-state index is 0.721. The first-order valence-electron chi connectivity index (χ1n) is 6.10. The summed E-state index contributed by atoms with van der Waals surface area (Å²) in [6, 6.07) is 4.16. The molecule has 3 nitrogen and oxygen atoms in total. The van der Waals surface area contributed by atoms with Crippen LogP contribution in [0.3, 0.4) is 0 Å². The van der Waals surface area contributed by atoms with Gasteiger partial charge in [-0.15, -0.1) is 0 Å². The van der Waals surface area contributed by atoms with Gasteiger partial charge in [0.2, 0.25) is 0 Å². The zero-order valence-electron chi connectivity index (χ0n) is 10.1. The van der Waals surface area contributed by atoms with Crippen molar-refractivity contribution in [1.29, 1.82) is 0 Å². The first kappa shape index (κ1) is 12.7. The molecule has 0 spiro atoms. The fourth-order valence-electron chi connectivity index (χ4n) is 1.80. The monoisotopic (exact) mass is 299 g/mol. The Balaban J connectivity index is 2.14. The van der Waals surface area contributed by atoms with E-state index in [0.29, 0.717) is 0 Å². The molecule has 0 saturated heterocycles. The van der Waals surface area contributed by atoms with Crippen LogP contribution >= 0.6 is 15.9 Å². The second-order valence-electron chi connectivity index (χ2n) is 4.13. The molecule has 94 valence electrons. The highest BCUT2D eigenvalue weighted by molar-refractivity contribution is 9.10. The summed E-state index contributed by atoms with van der Waals surface area (Å²) < 4.78 is 12.3. The van der Waals surface area contributed by atoms with Crippen molar-refractivity contribution in [2.45, 2.75) is 26.3 Å². The highest BCUT2D eigenvalue weighted by Gasteiger charge is 2.14. The number of nitrogens with one attached hydrogen (secondary N) is 1. The summed E-state index contributed by atoms with van der Waals surface area (Å²) in [5.74, 6) is 1.69. The van der Waals surface area contributed by atoms with E-state index >= 15 is 0 Å². The molecule has 2 rings (SSSR count). The molecule has 0 aromatic heterocycles. The minimum Gasteiger partial charge on any atom is -0.490 e. The van der Waals surface area contributed by atoms with Crippen molar-refractivity contribution in [3.8, 4) is 11.5 Å². The van der Waals surface area contributed by atoms with Gasteiger partial charge in [0.15, 0.2) is 11.5 Å². The predicted octanol–water partition coefficient (Wildman–Crippen LogP) is 3.11. The number of fused-ring (bicyclic) bond motifs is 1. The topological polar surface area (TPSA) is 30.5 Å². The summed E-state index contributed by atoms with van der Waals surface area (Å²) in [6.07, 6.45) is 2.08. The third-order valence-corrected chi connectivity index (χ3v) is 3.21. The Labute approximate surface area is 111 Å². The first-order chi connectivity index (χ1) is 8.31. The molecule has 1 aromatic rings. The molecule has 1 aliphatic rings. The molecule has 1 aliphatic heterocycles. The summed E-state index contributed by atoms with van der Waals surface area (Å²) in [5, 5.41) is 3.38. The summed E-state index contributed by atoms with van der Waals surface area (Å²) in [4.78, 5) is 0. The lowest BCUT2D eigenvalue weighted by Gasteiger charge is -2.12. The summed E-state index contributed by atoms with van der Waals surface area (Å²) in [7, 11) is 0. The van der Waals surface area contributed by atoms with Crippen LogP contribution in [0.5, 0.6) is 11.5 Å². The molecule has 0 bridgehead atoms. The second-order valence-corrected chi connectivity index (χ2v) is 4.99. The Kier molecular flexibility index (Phi) is 4.68.